The first kappa shape index (κ1) is 13.4. The van der Waals surface area contributed by atoms with E-state index >= 15 is 0 Å². The van der Waals surface area contributed by atoms with E-state index in [-0.39, 0.29) is 0 Å². The van der Waals surface area contributed by atoms with E-state index in [4.69, 9.17) is 11.6 Å². The third-order valence-electron chi connectivity index (χ3n) is 3.83. The molecular formula is C14H22ClNS. The maximum Gasteiger partial charge on any atom is 0.0931 e. The lowest BCUT2D eigenvalue weighted by Gasteiger charge is -2.30. The van der Waals surface area contributed by atoms with Crippen LogP contribution in [0, 0.1) is 5.92 Å². The Morgan fingerprint density at radius 3 is 2.71 bits per heavy atom. The zero-order valence-corrected chi connectivity index (χ0v) is 12.1. The van der Waals surface area contributed by atoms with Crippen LogP contribution >= 0.6 is 22.9 Å². The van der Waals surface area contributed by atoms with Crippen LogP contribution in [0.1, 0.15) is 50.3 Å². The molecule has 0 aliphatic heterocycles. The third kappa shape index (κ3) is 3.97. The summed E-state index contributed by atoms with van der Waals surface area (Å²) in [5.41, 5.74) is 0. The lowest BCUT2D eigenvalue weighted by Crippen LogP contribution is -2.36. The number of hydrogen-bond donors (Lipinski definition) is 1. The fourth-order valence-electron chi connectivity index (χ4n) is 2.86. The van der Waals surface area contributed by atoms with E-state index in [9.17, 15) is 0 Å². The first-order chi connectivity index (χ1) is 8.29. The normalized spacial score (nSPS) is 19.4. The Morgan fingerprint density at radius 1 is 1.35 bits per heavy atom. The van der Waals surface area contributed by atoms with Crippen LogP contribution < -0.4 is 5.32 Å². The van der Waals surface area contributed by atoms with E-state index in [0.29, 0.717) is 6.04 Å². The van der Waals surface area contributed by atoms with Gasteiger partial charge in [0.05, 0.1) is 4.34 Å². The van der Waals surface area contributed by atoms with Crippen LogP contribution in [-0.2, 0) is 6.54 Å². The lowest BCUT2D eigenvalue weighted by atomic mass is 9.83. The van der Waals surface area contributed by atoms with Gasteiger partial charge in [0.15, 0.2) is 0 Å². The summed E-state index contributed by atoms with van der Waals surface area (Å²) < 4.78 is 0.896. The highest BCUT2D eigenvalue weighted by Gasteiger charge is 2.21. The van der Waals surface area contributed by atoms with Gasteiger partial charge in [-0.25, -0.2) is 0 Å². The SMILES string of the molecule is CCC(NCc1ccc(Cl)s1)C1CCCCC1. The first-order valence-electron chi connectivity index (χ1n) is 6.77. The highest BCUT2D eigenvalue weighted by Crippen LogP contribution is 2.28. The molecule has 96 valence electrons. The van der Waals surface area contributed by atoms with Gasteiger partial charge in [0.1, 0.15) is 0 Å². The first-order valence-corrected chi connectivity index (χ1v) is 7.96. The minimum Gasteiger partial charge on any atom is -0.309 e. The summed E-state index contributed by atoms with van der Waals surface area (Å²) in [6, 6.07) is 4.81. The number of thiophene rings is 1. The predicted octanol–water partition coefficient (Wildman–Crippen LogP) is 4.85. The summed E-state index contributed by atoms with van der Waals surface area (Å²) >= 11 is 7.64. The monoisotopic (exact) mass is 271 g/mol. The summed E-state index contributed by atoms with van der Waals surface area (Å²) in [5, 5.41) is 3.72. The number of halogens is 1. The third-order valence-corrected chi connectivity index (χ3v) is 5.06. The molecule has 1 heterocycles. The van der Waals surface area contributed by atoms with Crippen molar-refractivity contribution in [2.45, 2.75) is 58.0 Å². The Balaban J connectivity index is 1.82. The van der Waals surface area contributed by atoms with Crippen molar-refractivity contribution in [1.82, 2.24) is 5.32 Å². The van der Waals surface area contributed by atoms with Gasteiger partial charge in [-0.3, -0.25) is 0 Å². The van der Waals surface area contributed by atoms with E-state index in [1.54, 1.807) is 11.3 Å². The van der Waals surface area contributed by atoms with Gasteiger partial charge < -0.3 is 5.32 Å². The second-order valence-corrected chi connectivity index (χ2v) is 6.80. The van der Waals surface area contributed by atoms with Crippen molar-refractivity contribution < 1.29 is 0 Å². The smallest absolute Gasteiger partial charge is 0.0931 e. The van der Waals surface area contributed by atoms with E-state index in [1.165, 1.54) is 43.4 Å². The lowest BCUT2D eigenvalue weighted by molar-refractivity contribution is 0.262. The topological polar surface area (TPSA) is 12.0 Å². The summed E-state index contributed by atoms with van der Waals surface area (Å²) in [6.07, 6.45) is 8.35. The Bertz CT molecular complexity index is 331. The zero-order chi connectivity index (χ0) is 12.1. The van der Waals surface area contributed by atoms with Crippen molar-refractivity contribution in [3.8, 4) is 0 Å². The van der Waals surface area contributed by atoms with E-state index in [2.05, 4.69) is 18.3 Å². The quantitative estimate of drug-likeness (QED) is 0.807. The van der Waals surface area contributed by atoms with Crippen LogP contribution in [0.25, 0.3) is 0 Å². The molecule has 1 saturated carbocycles. The van der Waals surface area contributed by atoms with Gasteiger partial charge in [0.25, 0.3) is 0 Å². The van der Waals surface area contributed by atoms with E-state index in [1.807, 2.05) is 6.07 Å². The summed E-state index contributed by atoms with van der Waals surface area (Å²) in [7, 11) is 0. The standard InChI is InChI=1S/C14H22ClNS/c1-2-13(11-6-4-3-5-7-11)16-10-12-8-9-14(15)17-12/h8-9,11,13,16H,2-7,10H2,1H3. The maximum absolute atomic E-state index is 5.95. The molecule has 3 heteroatoms. The van der Waals surface area contributed by atoms with Crippen LogP contribution in [0.5, 0.6) is 0 Å². The molecule has 1 atom stereocenters. The van der Waals surface area contributed by atoms with Gasteiger partial charge in [-0.1, -0.05) is 37.8 Å². The van der Waals surface area contributed by atoms with Crippen LogP contribution in [0.2, 0.25) is 4.34 Å². The van der Waals surface area contributed by atoms with Crippen LogP contribution in [0.3, 0.4) is 0 Å². The molecule has 1 aromatic rings. The zero-order valence-electron chi connectivity index (χ0n) is 10.5. The van der Waals surface area contributed by atoms with Crippen molar-refractivity contribution in [3.05, 3.63) is 21.3 Å². The van der Waals surface area contributed by atoms with Gasteiger partial charge in [0, 0.05) is 17.5 Å². The number of hydrogen-bond acceptors (Lipinski definition) is 2. The number of rotatable bonds is 5. The fourth-order valence-corrected chi connectivity index (χ4v) is 3.90. The van der Waals surface area contributed by atoms with Gasteiger partial charge in [-0.15, -0.1) is 11.3 Å². The maximum atomic E-state index is 5.95. The Labute approximate surface area is 114 Å². The van der Waals surface area contributed by atoms with Crippen molar-refractivity contribution in [2.24, 2.45) is 5.92 Å². The molecule has 17 heavy (non-hydrogen) atoms. The highest BCUT2D eigenvalue weighted by atomic mass is 35.5. The Kier molecular flexibility index (Phi) is 5.33. The van der Waals surface area contributed by atoms with Crippen molar-refractivity contribution in [1.29, 1.82) is 0 Å². The fraction of sp³-hybridized carbons (Fsp3) is 0.714. The van der Waals surface area contributed by atoms with E-state index < -0.39 is 0 Å². The van der Waals surface area contributed by atoms with Crippen LogP contribution in [-0.4, -0.2) is 6.04 Å². The summed E-state index contributed by atoms with van der Waals surface area (Å²) in [4.78, 5) is 1.35. The van der Waals surface area contributed by atoms with Crippen molar-refractivity contribution >= 4 is 22.9 Å². The molecule has 0 aromatic carbocycles. The molecule has 0 spiro atoms. The molecule has 1 fully saturated rings. The van der Waals surface area contributed by atoms with Crippen LogP contribution in [0.4, 0.5) is 0 Å². The van der Waals surface area contributed by atoms with Gasteiger partial charge in [0.2, 0.25) is 0 Å². The van der Waals surface area contributed by atoms with Gasteiger partial charge >= 0.3 is 0 Å². The molecule has 1 N–H and O–H groups in total. The molecule has 1 nitrogen and oxygen atoms in total. The Morgan fingerprint density at radius 2 is 2.12 bits per heavy atom. The molecule has 0 amide bonds. The summed E-state index contributed by atoms with van der Waals surface area (Å²) in [6.45, 7) is 3.28. The minimum absolute atomic E-state index is 0.691. The second kappa shape index (κ2) is 6.77. The largest absolute Gasteiger partial charge is 0.309 e. The molecule has 0 saturated heterocycles. The molecular weight excluding hydrogens is 250 g/mol. The predicted molar refractivity (Wildman–Crippen MR) is 76.8 cm³/mol. The van der Waals surface area contributed by atoms with Crippen LogP contribution in [0.15, 0.2) is 12.1 Å². The number of nitrogens with one attached hydrogen (secondary N) is 1. The average Bonchev–Trinajstić information content (AvgIpc) is 2.77. The Hall–Kier alpha value is -0.0500. The molecule has 0 radical (unpaired) electrons. The molecule has 1 aliphatic carbocycles. The molecule has 0 bridgehead atoms. The highest BCUT2D eigenvalue weighted by molar-refractivity contribution is 7.16. The summed E-state index contributed by atoms with van der Waals surface area (Å²) in [5.74, 6) is 0.893. The van der Waals surface area contributed by atoms with Crippen molar-refractivity contribution in [3.63, 3.8) is 0 Å². The average molecular weight is 272 g/mol. The van der Waals surface area contributed by atoms with Gasteiger partial charge in [-0.2, -0.15) is 0 Å². The molecule has 1 unspecified atom stereocenters. The minimum atomic E-state index is 0.691. The molecule has 2 rings (SSSR count). The van der Waals surface area contributed by atoms with E-state index in [0.717, 1.165) is 16.8 Å². The second-order valence-electron chi connectivity index (χ2n) is 5.00. The molecule has 1 aromatic heterocycles. The van der Waals surface area contributed by atoms with Crippen molar-refractivity contribution in [2.75, 3.05) is 0 Å². The van der Waals surface area contributed by atoms with Gasteiger partial charge in [-0.05, 0) is 37.3 Å². The molecule has 1 aliphatic rings.